The van der Waals surface area contributed by atoms with Crippen molar-refractivity contribution in [2.45, 2.75) is 25.8 Å². The monoisotopic (exact) mass is 385 g/mol. The van der Waals surface area contributed by atoms with Gasteiger partial charge in [-0.15, -0.1) is 0 Å². The fraction of sp³-hybridized carbons (Fsp3) is 0.200. The van der Waals surface area contributed by atoms with Gasteiger partial charge in [0, 0.05) is 30.3 Å². The molecule has 0 saturated heterocycles. The molecule has 0 spiro atoms. The molecule has 132 valence electrons. The van der Waals surface area contributed by atoms with Gasteiger partial charge in [0.1, 0.15) is 5.82 Å². The fourth-order valence-electron chi connectivity index (χ4n) is 3.19. The van der Waals surface area contributed by atoms with Gasteiger partial charge in [0.05, 0.1) is 21.4 Å². The summed E-state index contributed by atoms with van der Waals surface area (Å²) in [5, 5.41) is 3.74. The topological polar surface area (TPSA) is 46.9 Å². The molecule has 2 aromatic carbocycles. The molecule has 0 atom stereocenters. The Labute approximate surface area is 161 Å². The molecule has 1 aromatic heterocycles. The van der Waals surface area contributed by atoms with Crippen LogP contribution in [-0.2, 0) is 13.0 Å². The lowest BCUT2D eigenvalue weighted by Gasteiger charge is -2.11. The van der Waals surface area contributed by atoms with Crippen LogP contribution in [0.3, 0.4) is 0 Å². The van der Waals surface area contributed by atoms with Crippen LogP contribution in [0.5, 0.6) is 0 Å². The van der Waals surface area contributed by atoms with Gasteiger partial charge in [0.25, 0.3) is 5.91 Å². The molecule has 0 fully saturated rings. The minimum Gasteiger partial charge on any atom is -0.334 e. The molecule has 1 aliphatic heterocycles. The molecule has 0 aliphatic carbocycles. The SMILES string of the molecule is O=C(Nc1ccccc1-c1cn2c(n1)CCCC2)c1ccc(Cl)c(Cl)c1. The third-order valence-corrected chi connectivity index (χ3v) is 5.28. The predicted octanol–water partition coefficient (Wildman–Crippen LogP) is 5.45. The number of anilines is 1. The fourth-order valence-corrected chi connectivity index (χ4v) is 3.49. The lowest BCUT2D eigenvalue weighted by molar-refractivity contribution is 0.102. The third kappa shape index (κ3) is 3.35. The quantitative estimate of drug-likeness (QED) is 0.651. The first kappa shape index (κ1) is 17.1. The van der Waals surface area contributed by atoms with Crippen molar-refractivity contribution in [2.75, 3.05) is 5.32 Å². The number of imidazole rings is 1. The van der Waals surface area contributed by atoms with Crippen molar-refractivity contribution >= 4 is 34.8 Å². The van der Waals surface area contributed by atoms with Gasteiger partial charge in [-0.25, -0.2) is 4.98 Å². The molecule has 0 bridgehead atoms. The van der Waals surface area contributed by atoms with Crippen LogP contribution in [0.25, 0.3) is 11.3 Å². The zero-order valence-electron chi connectivity index (χ0n) is 14.0. The van der Waals surface area contributed by atoms with Crippen LogP contribution in [0.15, 0.2) is 48.7 Å². The minimum atomic E-state index is -0.236. The van der Waals surface area contributed by atoms with Gasteiger partial charge in [0.15, 0.2) is 0 Å². The Morgan fingerprint density at radius 1 is 1.08 bits per heavy atom. The Bertz CT molecular complexity index is 957. The van der Waals surface area contributed by atoms with E-state index in [0.717, 1.165) is 35.7 Å². The second-order valence-electron chi connectivity index (χ2n) is 6.32. The molecule has 4 nitrogen and oxygen atoms in total. The first-order valence-corrected chi connectivity index (χ1v) is 9.29. The Morgan fingerprint density at radius 2 is 1.92 bits per heavy atom. The number of carbonyl (C=O) groups is 1. The van der Waals surface area contributed by atoms with Gasteiger partial charge in [0.2, 0.25) is 0 Å². The molecule has 1 N–H and O–H groups in total. The van der Waals surface area contributed by atoms with Crippen LogP contribution in [0.1, 0.15) is 29.0 Å². The Morgan fingerprint density at radius 3 is 2.73 bits per heavy atom. The van der Waals surface area contributed by atoms with Crippen LogP contribution in [0.2, 0.25) is 10.0 Å². The maximum atomic E-state index is 12.6. The number of benzene rings is 2. The van der Waals surface area contributed by atoms with E-state index < -0.39 is 0 Å². The Kier molecular flexibility index (Phi) is 4.70. The Balaban J connectivity index is 1.64. The molecule has 0 saturated carbocycles. The van der Waals surface area contributed by atoms with Crippen molar-refractivity contribution in [3.63, 3.8) is 0 Å². The average Bonchev–Trinajstić information content (AvgIpc) is 3.08. The molecule has 1 aliphatic rings. The molecular weight excluding hydrogens is 369 g/mol. The van der Waals surface area contributed by atoms with Crippen LogP contribution in [-0.4, -0.2) is 15.5 Å². The summed E-state index contributed by atoms with van der Waals surface area (Å²) in [6.45, 7) is 1.00. The number of aromatic nitrogens is 2. The standard InChI is InChI=1S/C20H17Cl2N3O/c21-15-9-8-13(11-16(15)22)20(26)24-17-6-2-1-5-14(17)18-12-25-10-4-3-7-19(25)23-18/h1-2,5-6,8-9,11-12H,3-4,7,10H2,(H,24,26). The van der Waals surface area contributed by atoms with Gasteiger partial charge < -0.3 is 9.88 Å². The van der Waals surface area contributed by atoms with Gasteiger partial charge in [-0.2, -0.15) is 0 Å². The van der Waals surface area contributed by atoms with Crippen LogP contribution >= 0.6 is 23.2 Å². The van der Waals surface area contributed by atoms with Gasteiger partial charge in [-0.05, 0) is 37.1 Å². The summed E-state index contributed by atoms with van der Waals surface area (Å²) in [7, 11) is 0. The normalized spacial score (nSPS) is 13.3. The summed E-state index contributed by atoms with van der Waals surface area (Å²) in [4.78, 5) is 17.4. The highest BCUT2D eigenvalue weighted by atomic mass is 35.5. The highest BCUT2D eigenvalue weighted by Gasteiger charge is 2.16. The van der Waals surface area contributed by atoms with Crippen molar-refractivity contribution in [3.8, 4) is 11.3 Å². The molecule has 3 aromatic rings. The van der Waals surface area contributed by atoms with E-state index >= 15 is 0 Å². The number of amides is 1. The molecule has 4 rings (SSSR count). The summed E-state index contributed by atoms with van der Waals surface area (Å²) < 4.78 is 2.20. The molecule has 6 heteroatoms. The summed E-state index contributed by atoms with van der Waals surface area (Å²) in [6, 6.07) is 12.5. The molecule has 26 heavy (non-hydrogen) atoms. The maximum Gasteiger partial charge on any atom is 0.255 e. The highest BCUT2D eigenvalue weighted by Crippen LogP contribution is 2.30. The highest BCUT2D eigenvalue weighted by molar-refractivity contribution is 6.42. The maximum absolute atomic E-state index is 12.6. The number of rotatable bonds is 3. The zero-order valence-corrected chi connectivity index (χ0v) is 15.5. The van der Waals surface area contributed by atoms with Crippen molar-refractivity contribution in [3.05, 3.63) is 70.1 Å². The lowest BCUT2D eigenvalue weighted by Crippen LogP contribution is -2.12. The van der Waals surface area contributed by atoms with E-state index in [9.17, 15) is 4.79 Å². The van der Waals surface area contributed by atoms with Gasteiger partial charge in [-0.3, -0.25) is 4.79 Å². The van der Waals surface area contributed by atoms with E-state index in [4.69, 9.17) is 28.2 Å². The minimum absolute atomic E-state index is 0.236. The number of hydrogen-bond acceptors (Lipinski definition) is 2. The first-order chi connectivity index (χ1) is 12.6. The number of carbonyl (C=O) groups excluding carboxylic acids is 1. The smallest absolute Gasteiger partial charge is 0.255 e. The first-order valence-electron chi connectivity index (χ1n) is 8.53. The van der Waals surface area contributed by atoms with E-state index in [1.807, 2.05) is 24.3 Å². The molecular formula is C20H17Cl2N3O. The number of para-hydroxylation sites is 1. The summed E-state index contributed by atoms with van der Waals surface area (Å²) in [5.41, 5.74) is 2.96. The van der Waals surface area contributed by atoms with Crippen LogP contribution in [0, 0.1) is 0 Å². The lowest BCUT2D eigenvalue weighted by atomic mass is 10.1. The van der Waals surface area contributed by atoms with Gasteiger partial charge in [-0.1, -0.05) is 41.4 Å². The van der Waals surface area contributed by atoms with Crippen molar-refractivity contribution in [1.82, 2.24) is 9.55 Å². The van der Waals surface area contributed by atoms with Crippen LogP contribution < -0.4 is 5.32 Å². The number of halogens is 2. The van der Waals surface area contributed by atoms with Crippen LogP contribution in [0.4, 0.5) is 5.69 Å². The van der Waals surface area contributed by atoms with E-state index in [-0.39, 0.29) is 5.91 Å². The molecule has 2 heterocycles. The van der Waals surface area contributed by atoms with E-state index in [0.29, 0.717) is 15.6 Å². The number of fused-ring (bicyclic) bond motifs is 1. The Hall–Kier alpha value is -2.30. The predicted molar refractivity (Wildman–Crippen MR) is 105 cm³/mol. The number of nitrogens with zero attached hydrogens (tertiary/aromatic N) is 2. The van der Waals surface area contributed by atoms with Crippen molar-refractivity contribution < 1.29 is 4.79 Å². The van der Waals surface area contributed by atoms with E-state index in [1.165, 1.54) is 12.8 Å². The van der Waals surface area contributed by atoms with Crippen molar-refractivity contribution in [2.24, 2.45) is 0 Å². The molecule has 1 amide bonds. The van der Waals surface area contributed by atoms with E-state index in [1.54, 1.807) is 18.2 Å². The molecule has 0 unspecified atom stereocenters. The average molecular weight is 386 g/mol. The second-order valence-corrected chi connectivity index (χ2v) is 7.14. The largest absolute Gasteiger partial charge is 0.334 e. The second kappa shape index (κ2) is 7.14. The van der Waals surface area contributed by atoms with Crippen molar-refractivity contribution in [1.29, 1.82) is 0 Å². The zero-order chi connectivity index (χ0) is 18.1. The number of nitrogens with one attached hydrogen (secondary N) is 1. The summed E-state index contributed by atoms with van der Waals surface area (Å²) in [6.07, 6.45) is 5.42. The summed E-state index contributed by atoms with van der Waals surface area (Å²) >= 11 is 11.9. The number of hydrogen-bond donors (Lipinski definition) is 1. The van der Waals surface area contributed by atoms with E-state index in [2.05, 4.69) is 16.1 Å². The number of aryl methyl sites for hydroxylation is 2. The third-order valence-electron chi connectivity index (χ3n) is 4.54. The molecule has 0 radical (unpaired) electrons. The van der Waals surface area contributed by atoms with Gasteiger partial charge >= 0.3 is 0 Å². The summed E-state index contributed by atoms with van der Waals surface area (Å²) in [5.74, 6) is 0.872.